The third-order valence-electron chi connectivity index (χ3n) is 3.33. The minimum atomic E-state index is -0.915. The Bertz CT molecular complexity index is 316. The van der Waals surface area contributed by atoms with Gasteiger partial charge in [0.1, 0.15) is 5.54 Å². The van der Waals surface area contributed by atoms with Crippen molar-refractivity contribution in [2.24, 2.45) is 5.73 Å². The zero-order valence-electron chi connectivity index (χ0n) is 12.9. The van der Waals surface area contributed by atoms with Gasteiger partial charge in [0.2, 0.25) is 0 Å². The van der Waals surface area contributed by atoms with Gasteiger partial charge in [-0.25, -0.2) is 0 Å². The van der Waals surface area contributed by atoms with E-state index in [0.717, 1.165) is 19.6 Å². The van der Waals surface area contributed by atoms with E-state index >= 15 is 0 Å². The standard InChI is InChI=1S/C14H28N2O3/c1-6-18-12(17)14(5,15)7-8-16-9-11(2)19-13(3,4)10-16/h11H,6-10,15H2,1-5H3. The zero-order valence-corrected chi connectivity index (χ0v) is 12.9. The first-order valence-corrected chi connectivity index (χ1v) is 7.02. The van der Waals surface area contributed by atoms with E-state index in [1.54, 1.807) is 13.8 Å². The number of carbonyl (C=O) groups is 1. The van der Waals surface area contributed by atoms with Crippen molar-refractivity contribution in [2.45, 2.75) is 58.3 Å². The van der Waals surface area contributed by atoms with Gasteiger partial charge in [0, 0.05) is 19.6 Å². The normalized spacial score (nSPS) is 26.7. The van der Waals surface area contributed by atoms with Crippen molar-refractivity contribution in [3.8, 4) is 0 Å². The third kappa shape index (κ3) is 5.09. The van der Waals surface area contributed by atoms with Crippen LogP contribution in [0.4, 0.5) is 0 Å². The monoisotopic (exact) mass is 272 g/mol. The molecule has 0 aliphatic carbocycles. The Morgan fingerprint density at radius 3 is 2.74 bits per heavy atom. The number of hydrogen-bond acceptors (Lipinski definition) is 5. The van der Waals surface area contributed by atoms with Crippen LogP contribution in [0.25, 0.3) is 0 Å². The van der Waals surface area contributed by atoms with Gasteiger partial charge in [-0.15, -0.1) is 0 Å². The molecule has 112 valence electrons. The highest BCUT2D eigenvalue weighted by Gasteiger charge is 2.34. The Balaban J connectivity index is 2.49. The molecule has 5 heteroatoms. The predicted octanol–water partition coefficient (Wildman–Crippen LogP) is 1.16. The van der Waals surface area contributed by atoms with Gasteiger partial charge in [-0.05, 0) is 41.0 Å². The second-order valence-corrected chi connectivity index (χ2v) is 6.31. The quantitative estimate of drug-likeness (QED) is 0.761. The van der Waals surface area contributed by atoms with Crippen LogP contribution in [0.1, 0.15) is 41.0 Å². The van der Waals surface area contributed by atoms with E-state index in [2.05, 4.69) is 25.7 Å². The molecule has 1 heterocycles. The van der Waals surface area contributed by atoms with Crippen molar-refractivity contribution >= 4 is 5.97 Å². The molecule has 5 nitrogen and oxygen atoms in total. The molecule has 19 heavy (non-hydrogen) atoms. The lowest BCUT2D eigenvalue weighted by atomic mass is 9.98. The molecule has 2 N–H and O–H groups in total. The van der Waals surface area contributed by atoms with Crippen LogP contribution in [0.5, 0.6) is 0 Å². The van der Waals surface area contributed by atoms with Gasteiger partial charge in [-0.1, -0.05) is 0 Å². The summed E-state index contributed by atoms with van der Waals surface area (Å²) in [6.07, 6.45) is 0.796. The fourth-order valence-corrected chi connectivity index (χ4v) is 2.54. The number of carbonyl (C=O) groups excluding carboxylic acids is 1. The summed E-state index contributed by atoms with van der Waals surface area (Å²) in [5.41, 5.74) is 4.97. The van der Waals surface area contributed by atoms with E-state index < -0.39 is 5.54 Å². The summed E-state index contributed by atoms with van der Waals surface area (Å²) in [5.74, 6) is -0.324. The molecule has 2 unspecified atom stereocenters. The molecule has 0 aromatic rings. The van der Waals surface area contributed by atoms with Crippen LogP contribution in [-0.4, -0.2) is 54.4 Å². The van der Waals surface area contributed by atoms with Gasteiger partial charge in [-0.3, -0.25) is 9.69 Å². The SMILES string of the molecule is CCOC(=O)C(C)(N)CCN1CC(C)OC(C)(C)C1. The molecule has 1 rings (SSSR count). The third-order valence-corrected chi connectivity index (χ3v) is 3.33. The van der Waals surface area contributed by atoms with Crippen LogP contribution in [0.2, 0.25) is 0 Å². The highest BCUT2D eigenvalue weighted by atomic mass is 16.5. The van der Waals surface area contributed by atoms with E-state index in [9.17, 15) is 4.79 Å². The second-order valence-electron chi connectivity index (χ2n) is 6.31. The Labute approximate surface area is 116 Å². The molecule has 0 aromatic heterocycles. The topological polar surface area (TPSA) is 64.8 Å². The number of ether oxygens (including phenoxy) is 2. The van der Waals surface area contributed by atoms with Crippen molar-refractivity contribution in [3.05, 3.63) is 0 Å². The maximum absolute atomic E-state index is 11.7. The number of nitrogens with zero attached hydrogens (tertiary/aromatic N) is 1. The van der Waals surface area contributed by atoms with Gasteiger partial charge in [-0.2, -0.15) is 0 Å². The molecule has 0 aromatic carbocycles. The van der Waals surface area contributed by atoms with E-state index in [-0.39, 0.29) is 17.7 Å². The van der Waals surface area contributed by atoms with E-state index in [1.807, 2.05) is 0 Å². The molecule has 2 atom stereocenters. The van der Waals surface area contributed by atoms with E-state index in [1.165, 1.54) is 0 Å². The van der Waals surface area contributed by atoms with Crippen molar-refractivity contribution < 1.29 is 14.3 Å². The van der Waals surface area contributed by atoms with Crippen LogP contribution >= 0.6 is 0 Å². The van der Waals surface area contributed by atoms with Crippen molar-refractivity contribution in [3.63, 3.8) is 0 Å². The zero-order chi connectivity index (χ0) is 14.7. The van der Waals surface area contributed by atoms with Crippen LogP contribution in [0.3, 0.4) is 0 Å². The van der Waals surface area contributed by atoms with Crippen LogP contribution in [0.15, 0.2) is 0 Å². The Morgan fingerprint density at radius 1 is 1.58 bits per heavy atom. The summed E-state index contributed by atoms with van der Waals surface area (Å²) in [7, 11) is 0. The van der Waals surface area contributed by atoms with Gasteiger partial charge < -0.3 is 15.2 Å². The minimum absolute atomic E-state index is 0.146. The first kappa shape index (κ1) is 16.4. The number of morpholine rings is 1. The van der Waals surface area contributed by atoms with Crippen molar-refractivity contribution in [1.82, 2.24) is 4.90 Å². The summed E-state index contributed by atoms with van der Waals surface area (Å²) in [5, 5.41) is 0. The summed E-state index contributed by atoms with van der Waals surface area (Å²) in [4.78, 5) is 14.0. The Hall–Kier alpha value is -0.650. The molecule has 1 saturated heterocycles. The molecule has 1 aliphatic rings. The average Bonchev–Trinajstić information content (AvgIpc) is 2.24. The molecule has 1 aliphatic heterocycles. The molecular weight excluding hydrogens is 244 g/mol. The minimum Gasteiger partial charge on any atom is -0.465 e. The second kappa shape index (κ2) is 6.20. The number of nitrogens with two attached hydrogens (primary N) is 1. The fraction of sp³-hybridized carbons (Fsp3) is 0.929. The average molecular weight is 272 g/mol. The largest absolute Gasteiger partial charge is 0.465 e. The van der Waals surface area contributed by atoms with Gasteiger partial charge in [0.15, 0.2) is 0 Å². The van der Waals surface area contributed by atoms with Crippen molar-refractivity contribution in [1.29, 1.82) is 0 Å². The molecule has 1 fully saturated rings. The lowest BCUT2D eigenvalue weighted by molar-refractivity contribution is -0.150. The van der Waals surface area contributed by atoms with Crippen LogP contribution < -0.4 is 5.73 Å². The van der Waals surface area contributed by atoms with E-state index in [4.69, 9.17) is 15.2 Å². The Kier molecular flexibility index (Phi) is 5.35. The lowest BCUT2D eigenvalue weighted by Gasteiger charge is -2.42. The number of rotatable bonds is 5. The summed E-state index contributed by atoms with van der Waals surface area (Å²) < 4.78 is 10.9. The van der Waals surface area contributed by atoms with Crippen LogP contribution in [-0.2, 0) is 14.3 Å². The van der Waals surface area contributed by atoms with Gasteiger partial charge in [0.05, 0.1) is 18.3 Å². The number of hydrogen-bond donors (Lipinski definition) is 1. The molecular formula is C14H28N2O3. The molecule has 0 spiro atoms. The fourth-order valence-electron chi connectivity index (χ4n) is 2.54. The maximum atomic E-state index is 11.7. The maximum Gasteiger partial charge on any atom is 0.325 e. The summed E-state index contributed by atoms with van der Waals surface area (Å²) >= 11 is 0. The predicted molar refractivity (Wildman–Crippen MR) is 74.9 cm³/mol. The molecule has 0 radical (unpaired) electrons. The van der Waals surface area contributed by atoms with Crippen molar-refractivity contribution in [2.75, 3.05) is 26.2 Å². The van der Waals surface area contributed by atoms with E-state index in [0.29, 0.717) is 13.0 Å². The summed E-state index contributed by atoms with van der Waals surface area (Å²) in [6.45, 7) is 12.7. The highest BCUT2D eigenvalue weighted by Crippen LogP contribution is 2.21. The molecule has 0 saturated carbocycles. The first-order valence-electron chi connectivity index (χ1n) is 7.02. The van der Waals surface area contributed by atoms with Gasteiger partial charge >= 0.3 is 5.97 Å². The lowest BCUT2D eigenvalue weighted by Crippen LogP contribution is -2.54. The first-order chi connectivity index (χ1) is 8.66. The molecule has 0 amide bonds. The number of esters is 1. The van der Waals surface area contributed by atoms with Crippen LogP contribution in [0, 0.1) is 0 Å². The smallest absolute Gasteiger partial charge is 0.325 e. The summed E-state index contributed by atoms with van der Waals surface area (Å²) in [6, 6.07) is 0. The highest BCUT2D eigenvalue weighted by molar-refractivity contribution is 5.79. The Morgan fingerprint density at radius 2 is 2.21 bits per heavy atom. The molecule has 0 bridgehead atoms. The van der Waals surface area contributed by atoms with Gasteiger partial charge in [0.25, 0.3) is 0 Å².